The number of methoxy groups -OCH3 is 1. The average Bonchev–Trinajstić information content (AvgIpc) is 3.58. The Hall–Kier alpha value is -3.70. The summed E-state index contributed by atoms with van der Waals surface area (Å²) in [6.07, 6.45) is -0.134. The Bertz CT molecular complexity index is 1470. The lowest BCUT2D eigenvalue weighted by atomic mass is 10.1. The standard InChI is InChI=1S/C20H23N9O6S/c1-34-12-2-4-13(5-3-12)36(32,33)25-6-11-7-28(27-26-11)8-14-16(30)17(31)20(35-14)29-10-24-15-18(21)22-9-23-19(15)29/h2-5,7,9-10,14,16-17,20,25,30-31H,6,8H2,1H3,(H2,21,22,23)/t14-,16-,17-,20-/m1/s1. The molecule has 1 aliphatic rings. The van der Waals surface area contributed by atoms with Crippen molar-refractivity contribution in [2.45, 2.75) is 42.5 Å². The fourth-order valence-electron chi connectivity index (χ4n) is 3.87. The summed E-state index contributed by atoms with van der Waals surface area (Å²) in [6.45, 7) is -0.0491. The van der Waals surface area contributed by atoms with Crippen LogP contribution in [-0.4, -0.2) is 78.6 Å². The lowest BCUT2D eigenvalue weighted by Crippen LogP contribution is -2.33. The lowest BCUT2D eigenvalue weighted by Gasteiger charge is -2.16. The number of aliphatic hydroxyl groups excluding tert-OH is 2. The van der Waals surface area contributed by atoms with Gasteiger partial charge >= 0.3 is 0 Å². The molecule has 0 aliphatic carbocycles. The van der Waals surface area contributed by atoms with Gasteiger partial charge in [0.15, 0.2) is 17.7 Å². The molecule has 1 aromatic carbocycles. The van der Waals surface area contributed by atoms with Gasteiger partial charge in [-0.2, -0.15) is 0 Å². The van der Waals surface area contributed by atoms with Crippen LogP contribution in [0.5, 0.6) is 5.75 Å². The highest BCUT2D eigenvalue weighted by Crippen LogP contribution is 2.32. The second-order valence-electron chi connectivity index (χ2n) is 8.06. The van der Waals surface area contributed by atoms with E-state index in [1.165, 1.54) is 47.3 Å². The molecule has 1 saturated heterocycles. The van der Waals surface area contributed by atoms with E-state index in [-0.39, 0.29) is 23.8 Å². The fraction of sp³-hybridized carbons (Fsp3) is 0.350. The summed E-state index contributed by atoms with van der Waals surface area (Å²) in [5.41, 5.74) is 6.87. The maximum Gasteiger partial charge on any atom is 0.240 e. The van der Waals surface area contributed by atoms with Crippen molar-refractivity contribution in [1.29, 1.82) is 0 Å². The topological polar surface area (TPSA) is 205 Å². The molecule has 4 aromatic rings. The quantitative estimate of drug-likeness (QED) is 0.218. The normalized spacial score (nSPS) is 22.3. The number of benzene rings is 1. The van der Waals surface area contributed by atoms with E-state index < -0.39 is 34.6 Å². The zero-order chi connectivity index (χ0) is 25.4. The maximum atomic E-state index is 12.5. The van der Waals surface area contributed by atoms with Gasteiger partial charge in [-0.15, -0.1) is 5.10 Å². The van der Waals surface area contributed by atoms with E-state index in [0.717, 1.165) is 0 Å². The number of rotatable bonds is 8. The van der Waals surface area contributed by atoms with Crippen LogP contribution in [0.1, 0.15) is 11.9 Å². The predicted molar refractivity (Wildman–Crippen MR) is 123 cm³/mol. The van der Waals surface area contributed by atoms with Crippen molar-refractivity contribution in [3.05, 3.63) is 48.8 Å². The summed E-state index contributed by atoms with van der Waals surface area (Å²) in [7, 11) is -2.28. The second-order valence-corrected chi connectivity index (χ2v) is 9.83. The summed E-state index contributed by atoms with van der Waals surface area (Å²) in [6, 6.07) is 5.96. The van der Waals surface area contributed by atoms with E-state index in [0.29, 0.717) is 22.6 Å². The first-order valence-electron chi connectivity index (χ1n) is 10.7. The Morgan fingerprint density at radius 1 is 1.17 bits per heavy atom. The Labute approximate surface area is 204 Å². The molecule has 0 radical (unpaired) electrons. The third kappa shape index (κ3) is 4.47. The predicted octanol–water partition coefficient (Wildman–Crippen LogP) is -1.19. The van der Waals surface area contributed by atoms with Crippen LogP contribution in [0.25, 0.3) is 11.2 Å². The molecule has 15 nitrogen and oxygen atoms in total. The summed E-state index contributed by atoms with van der Waals surface area (Å²) >= 11 is 0. The van der Waals surface area contributed by atoms with Crippen LogP contribution in [0.3, 0.4) is 0 Å². The number of aliphatic hydroxyl groups is 2. The minimum atomic E-state index is -3.77. The number of fused-ring (bicyclic) bond motifs is 1. The maximum absolute atomic E-state index is 12.5. The highest BCUT2D eigenvalue weighted by atomic mass is 32.2. The molecule has 0 saturated carbocycles. The molecular weight excluding hydrogens is 494 g/mol. The first kappa shape index (κ1) is 24.0. The number of anilines is 1. The number of nitrogens with zero attached hydrogens (tertiary/aromatic N) is 7. The van der Waals surface area contributed by atoms with E-state index in [2.05, 4.69) is 30.0 Å². The number of nitrogens with one attached hydrogen (secondary N) is 1. The van der Waals surface area contributed by atoms with Crippen LogP contribution >= 0.6 is 0 Å². The van der Waals surface area contributed by atoms with Crippen molar-refractivity contribution in [3.63, 3.8) is 0 Å². The van der Waals surface area contributed by atoms with Gasteiger partial charge in [-0.3, -0.25) is 4.57 Å². The summed E-state index contributed by atoms with van der Waals surface area (Å²) in [5, 5.41) is 29.1. The number of aromatic nitrogens is 7. The molecule has 4 heterocycles. The Morgan fingerprint density at radius 2 is 1.94 bits per heavy atom. The van der Waals surface area contributed by atoms with E-state index >= 15 is 0 Å². The number of hydrogen-bond donors (Lipinski definition) is 4. The molecule has 1 fully saturated rings. The minimum absolute atomic E-state index is 0.0523. The van der Waals surface area contributed by atoms with Crippen molar-refractivity contribution in [2.75, 3.05) is 12.8 Å². The summed E-state index contributed by atoms with van der Waals surface area (Å²) in [4.78, 5) is 12.3. The van der Waals surface area contributed by atoms with Gasteiger partial charge in [0.2, 0.25) is 10.0 Å². The van der Waals surface area contributed by atoms with Gasteiger partial charge in [0.1, 0.15) is 35.9 Å². The SMILES string of the molecule is COc1ccc(S(=O)(=O)NCc2cn(C[C@H]3O[C@@H](n4cnc5c(N)ncnc54)[C@H](O)[C@@H]3O)nn2)cc1. The largest absolute Gasteiger partial charge is 0.497 e. The first-order valence-corrected chi connectivity index (χ1v) is 12.2. The van der Waals surface area contributed by atoms with Gasteiger partial charge in [-0.25, -0.2) is 32.8 Å². The Balaban J connectivity index is 1.24. The molecule has 190 valence electrons. The molecule has 1 aliphatic heterocycles. The van der Waals surface area contributed by atoms with Crippen molar-refractivity contribution >= 4 is 27.0 Å². The minimum Gasteiger partial charge on any atom is -0.497 e. The van der Waals surface area contributed by atoms with E-state index in [4.69, 9.17) is 15.2 Å². The molecule has 0 unspecified atom stereocenters. The van der Waals surface area contributed by atoms with Crippen molar-refractivity contribution in [3.8, 4) is 5.75 Å². The van der Waals surface area contributed by atoms with E-state index in [1.54, 1.807) is 12.1 Å². The summed E-state index contributed by atoms with van der Waals surface area (Å²) in [5.74, 6) is 0.722. The third-order valence-corrected chi connectivity index (χ3v) is 7.18. The van der Waals surface area contributed by atoms with E-state index in [9.17, 15) is 18.6 Å². The zero-order valence-corrected chi connectivity index (χ0v) is 19.7. The van der Waals surface area contributed by atoms with Crippen LogP contribution in [0.2, 0.25) is 0 Å². The number of nitrogen functional groups attached to an aromatic ring is 1. The molecule has 0 spiro atoms. The molecular formula is C20H23N9O6S. The number of sulfonamides is 1. The van der Waals surface area contributed by atoms with Crippen molar-refractivity contribution < 1.29 is 28.1 Å². The third-order valence-electron chi connectivity index (χ3n) is 5.76. The smallest absolute Gasteiger partial charge is 0.240 e. The molecule has 3 aromatic heterocycles. The number of ether oxygens (including phenoxy) is 2. The molecule has 5 N–H and O–H groups in total. The molecule has 5 rings (SSSR count). The lowest BCUT2D eigenvalue weighted by molar-refractivity contribution is -0.0403. The number of nitrogens with two attached hydrogens (primary N) is 1. The first-order chi connectivity index (χ1) is 17.3. The second kappa shape index (κ2) is 9.40. The van der Waals surface area contributed by atoms with E-state index in [1.807, 2.05) is 0 Å². The molecule has 36 heavy (non-hydrogen) atoms. The molecule has 4 atom stereocenters. The summed E-state index contributed by atoms with van der Waals surface area (Å²) < 4.78 is 41.3. The molecule has 16 heteroatoms. The van der Waals surface area contributed by atoms with Gasteiger partial charge < -0.3 is 25.4 Å². The monoisotopic (exact) mass is 517 g/mol. The van der Waals surface area contributed by atoms with Crippen molar-refractivity contribution in [2.24, 2.45) is 0 Å². The van der Waals surface area contributed by atoms with Gasteiger partial charge in [0.25, 0.3) is 0 Å². The van der Waals surface area contributed by atoms with Crippen LogP contribution in [0.15, 0.2) is 48.0 Å². The van der Waals surface area contributed by atoms with Crippen LogP contribution in [-0.2, 0) is 27.8 Å². The highest BCUT2D eigenvalue weighted by Gasteiger charge is 2.44. The van der Waals surface area contributed by atoms with Gasteiger partial charge in [-0.1, -0.05) is 5.21 Å². The Kier molecular flexibility index (Phi) is 6.27. The fourth-order valence-corrected chi connectivity index (χ4v) is 4.87. The Morgan fingerprint density at radius 3 is 2.69 bits per heavy atom. The highest BCUT2D eigenvalue weighted by molar-refractivity contribution is 7.89. The number of hydrogen-bond acceptors (Lipinski definition) is 12. The number of imidazole rings is 1. The van der Waals surface area contributed by atoms with Crippen LogP contribution in [0.4, 0.5) is 5.82 Å². The molecule has 0 bridgehead atoms. The van der Waals surface area contributed by atoms with Crippen LogP contribution in [0, 0.1) is 0 Å². The average molecular weight is 518 g/mol. The van der Waals surface area contributed by atoms with Crippen molar-refractivity contribution in [1.82, 2.24) is 39.2 Å². The van der Waals surface area contributed by atoms with Gasteiger partial charge in [0.05, 0.1) is 37.1 Å². The van der Waals surface area contributed by atoms with Gasteiger partial charge in [-0.05, 0) is 24.3 Å². The molecule has 0 amide bonds. The van der Waals surface area contributed by atoms with Gasteiger partial charge in [0, 0.05) is 6.20 Å². The zero-order valence-electron chi connectivity index (χ0n) is 18.9. The van der Waals surface area contributed by atoms with Crippen LogP contribution < -0.4 is 15.2 Å².